The second-order valence-corrected chi connectivity index (χ2v) is 6.43. The number of hydrogen-bond acceptors (Lipinski definition) is 5. The van der Waals surface area contributed by atoms with Gasteiger partial charge in [-0.1, -0.05) is 11.6 Å². The van der Waals surface area contributed by atoms with E-state index in [2.05, 4.69) is 15.5 Å². The molecule has 0 bridgehead atoms. The molecule has 1 amide bonds. The van der Waals surface area contributed by atoms with Gasteiger partial charge in [-0.2, -0.15) is 4.98 Å². The Kier molecular flexibility index (Phi) is 5.41. The minimum atomic E-state index is -0.794. The molecule has 0 aliphatic rings. The van der Waals surface area contributed by atoms with Gasteiger partial charge in [-0.25, -0.2) is 4.39 Å². The number of nitrogens with one attached hydrogen (secondary N) is 1. The van der Waals surface area contributed by atoms with Crippen molar-refractivity contribution in [3.63, 3.8) is 0 Å². The first kappa shape index (κ1) is 18.8. The maximum absolute atomic E-state index is 13.0. The van der Waals surface area contributed by atoms with E-state index in [1.54, 1.807) is 19.1 Å². The summed E-state index contributed by atoms with van der Waals surface area (Å²) in [4.78, 5) is 16.4. The normalized spacial score (nSPS) is 11.9. The number of amides is 1. The molecule has 0 aliphatic heterocycles. The Morgan fingerprint density at radius 3 is 2.48 bits per heavy atom. The highest BCUT2D eigenvalue weighted by atomic mass is 35.5. The number of halogens is 2. The molecule has 0 fully saturated rings. The average molecular weight is 390 g/mol. The van der Waals surface area contributed by atoms with Crippen molar-refractivity contribution in [3.05, 3.63) is 58.4 Å². The number of carbonyl (C=O) groups is 1. The summed E-state index contributed by atoms with van der Waals surface area (Å²) in [6.45, 7) is 5.34. The summed E-state index contributed by atoms with van der Waals surface area (Å²) >= 11 is 6.13. The zero-order valence-electron chi connectivity index (χ0n) is 14.9. The highest BCUT2D eigenvalue weighted by Crippen LogP contribution is 2.26. The van der Waals surface area contributed by atoms with Gasteiger partial charge < -0.3 is 9.26 Å². The second-order valence-electron chi connectivity index (χ2n) is 6.05. The number of benzene rings is 2. The molecule has 8 heteroatoms. The van der Waals surface area contributed by atoms with Crippen molar-refractivity contribution in [2.24, 2.45) is 0 Å². The van der Waals surface area contributed by atoms with Crippen LogP contribution < -0.4 is 10.1 Å². The zero-order chi connectivity index (χ0) is 19.6. The Hall–Kier alpha value is -2.93. The highest BCUT2D eigenvalue weighted by Gasteiger charge is 2.19. The van der Waals surface area contributed by atoms with E-state index in [0.717, 1.165) is 11.1 Å². The number of aryl methyl sites for hydroxylation is 2. The van der Waals surface area contributed by atoms with Gasteiger partial charge in [-0.05, 0) is 73.5 Å². The molecule has 1 aromatic heterocycles. The molecule has 3 rings (SSSR count). The molecule has 3 aromatic rings. The van der Waals surface area contributed by atoms with E-state index in [-0.39, 0.29) is 17.7 Å². The van der Waals surface area contributed by atoms with Crippen molar-refractivity contribution in [3.8, 4) is 17.2 Å². The molecular weight excluding hydrogens is 373 g/mol. The molecule has 0 radical (unpaired) electrons. The Balaban J connectivity index is 1.66. The monoisotopic (exact) mass is 389 g/mol. The quantitative estimate of drug-likeness (QED) is 0.692. The third kappa shape index (κ3) is 4.43. The minimum absolute atomic E-state index is 0.00163. The lowest BCUT2D eigenvalue weighted by atomic mass is 10.1. The lowest BCUT2D eigenvalue weighted by Gasteiger charge is -2.15. The van der Waals surface area contributed by atoms with E-state index >= 15 is 0 Å². The smallest absolute Gasteiger partial charge is 0.270 e. The molecular formula is C19H17ClFN3O3. The Bertz CT molecular complexity index is 950. The first-order valence-electron chi connectivity index (χ1n) is 8.17. The van der Waals surface area contributed by atoms with Crippen LogP contribution in [-0.2, 0) is 4.79 Å². The maximum Gasteiger partial charge on any atom is 0.270 e. The first-order chi connectivity index (χ1) is 12.8. The van der Waals surface area contributed by atoms with Gasteiger partial charge in [0.2, 0.25) is 0 Å². The van der Waals surface area contributed by atoms with Crippen LogP contribution in [0.3, 0.4) is 0 Å². The predicted molar refractivity (Wildman–Crippen MR) is 99.3 cm³/mol. The summed E-state index contributed by atoms with van der Waals surface area (Å²) in [5.41, 5.74) is 2.27. The lowest BCUT2D eigenvalue weighted by Crippen LogP contribution is -2.30. The third-order valence-corrected chi connectivity index (χ3v) is 4.44. The Morgan fingerprint density at radius 1 is 1.22 bits per heavy atom. The van der Waals surface area contributed by atoms with E-state index in [9.17, 15) is 9.18 Å². The Labute approximate surface area is 160 Å². The predicted octanol–water partition coefficient (Wildman–Crippen LogP) is 4.55. The zero-order valence-corrected chi connectivity index (χ0v) is 15.7. The van der Waals surface area contributed by atoms with Crippen molar-refractivity contribution in [1.82, 2.24) is 10.1 Å². The molecule has 140 valence electrons. The number of aromatic nitrogens is 2. The van der Waals surface area contributed by atoms with E-state index in [1.807, 2.05) is 13.8 Å². The number of ether oxygens (including phenoxy) is 1. The molecule has 0 saturated heterocycles. The standard InChI is InChI=1S/C19H17ClFN3O3/c1-10-8-15(9-11(2)16(10)20)26-12(3)17(25)22-19-23-18(27-24-19)13-4-6-14(21)7-5-13/h4-9,12H,1-3H3,(H,22,24,25). The van der Waals surface area contributed by atoms with Gasteiger partial charge in [0.15, 0.2) is 6.10 Å². The first-order valence-corrected chi connectivity index (χ1v) is 8.55. The van der Waals surface area contributed by atoms with Gasteiger partial charge in [0.25, 0.3) is 17.7 Å². The minimum Gasteiger partial charge on any atom is -0.481 e. The largest absolute Gasteiger partial charge is 0.481 e. The van der Waals surface area contributed by atoms with Crippen LogP contribution >= 0.6 is 11.6 Å². The molecule has 0 saturated carbocycles. The van der Waals surface area contributed by atoms with Crippen molar-refractivity contribution in [2.75, 3.05) is 5.32 Å². The van der Waals surface area contributed by atoms with Gasteiger partial charge in [0.05, 0.1) is 0 Å². The molecule has 6 nitrogen and oxygen atoms in total. The summed E-state index contributed by atoms with van der Waals surface area (Å²) < 4.78 is 23.7. The molecule has 1 atom stereocenters. The summed E-state index contributed by atoms with van der Waals surface area (Å²) in [6.07, 6.45) is -0.794. The maximum atomic E-state index is 13.0. The van der Waals surface area contributed by atoms with Crippen molar-refractivity contribution < 1.29 is 18.4 Å². The molecule has 1 unspecified atom stereocenters. The van der Waals surface area contributed by atoms with Crippen molar-refractivity contribution in [1.29, 1.82) is 0 Å². The number of anilines is 1. The van der Waals surface area contributed by atoms with Crippen LogP contribution in [0.5, 0.6) is 5.75 Å². The number of hydrogen-bond donors (Lipinski definition) is 1. The van der Waals surface area contributed by atoms with E-state index in [4.69, 9.17) is 20.9 Å². The summed E-state index contributed by atoms with van der Waals surface area (Å²) in [6, 6.07) is 9.10. The van der Waals surface area contributed by atoms with Gasteiger partial charge in [-0.15, -0.1) is 0 Å². The number of nitrogens with zero attached hydrogens (tertiary/aromatic N) is 2. The van der Waals surface area contributed by atoms with Crippen LogP contribution in [0.25, 0.3) is 11.5 Å². The van der Waals surface area contributed by atoms with Gasteiger partial charge >= 0.3 is 0 Å². The third-order valence-electron chi connectivity index (χ3n) is 3.84. The van der Waals surface area contributed by atoms with Gasteiger partial charge in [-0.3, -0.25) is 10.1 Å². The van der Waals surface area contributed by atoms with E-state index in [0.29, 0.717) is 16.3 Å². The molecule has 1 N–H and O–H groups in total. The van der Waals surface area contributed by atoms with Crippen LogP contribution in [0.1, 0.15) is 18.1 Å². The van der Waals surface area contributed by atoms with Crippen LogP contribution in [0.15, 0.2) is 40.9 Å². The van der Waals surface area contributed by atoms with Crippen LogP contribution in [0, 0.1) is 19.7 Å². The number of carbonyl (C=O) groups excluding carboxylic acids is 1. The fourth-order valence-electron chi connectivity index (χ4n) is 2.43. The highest BCUT2D eigenvalue weighted by molar-refractivity contribution is 6.32. The topological polar surface area (TPSA) is 77.2 Å². The lowest BCUT2D eigenvalue weighted by molar-refractivity contribution is -0.122. The second kappa shape index (κ2) is 7.75. The van der Waals surface area contributed by atoms with Crippen LogP contribution in [0.4, 0.5) is 10.3 Å². The van der Waals surface area contributed by atoms with E-state index in [1.165, 1.54) is 24.3 Å². The number of rotatable bonds is 5. The fraction of sp³-hybridized carbons (Fsp3) is 0.211. The van der Waals surface area contributed by atoms with Crippen LogP contribution in [0.2, 0.25) is 5.02 Å². The summed E-state index contributed by atoms with van der Waals surface area (Å²) in [7, 11) is 0. The van der Waals surface area contributed by atoms with E-state index < -0.39 is 12.0 Å². The molecule has 0 aliphatic carbocycles. The van der Waals surface area contributed by atoms with Crippen molar-refractivity contribution in [2.45, 2.75) is 26.9 Å². The molecule has 1 heterocycles. The van der Waals surface area contributed by atoms with Gasteiger partial charge in [0.1, 0.15) is 11.6 Å². The molecule has 2 aromatic carbocycles. The Morgan fingerprint density at radius 2 is 1.85 bits per heavy atom. The SMILES string of the molecule is Cc1cc(OC(C)C(=O)Nc2noc(-c3ccc(F)cc3)n2)cc(C)c1Cl. The molecule has 0 spiro atoms. The van der Waals surface area contributed by atoms with Gasteiger partial charge in [0, 0.05) is 10.6 Å². The summed E-state index contributed by atoms with van der Waals surface area (Å²) in [5, 5.41) is 6.89. The van der Waals surface area contributed by atoms with Crippen molar-refractivity contribution >= 4 is 23.5 Å². The fourth-order valence-corrected chi connectivity index (χ4v) is 2.54. The van der Waals surface area contributed by atoms with Crippen LogP contribution in [-0.4, -0.2) is 22.2 Å². The summed E-state index contributed by atoms with van der Waals surface area (Å²) in [5.74, 6) is -0.102. The molecule has 27 heavy (non-hydrogen) atoms. The average Bonchev–Trinajstić information content (AvgIpc) is 3.08.